The molecule has 2 amide bonds. The summed E-state index contributed by atoms with van der Waals surface area (Å²) in [5.74, 6) is 0.637. The molecule has 0 saturated heterocycles. The van der Waals surface area contributed by atoms with Crippen LogP contribution in [0.1, 0.15) is 42.7 Å². The molecule has 0 bridgehead atoms. The molecular formula is C23H24N2O4. The highest BCUT2D eigenvalue weighted by molar-refractivity contribution is 6.14. The lowest BCUT2D eigenvalue weighted by atomic mass is 10.0. The van der Waals surface area contributed by atoms with Crippen LogP contribution < -0.4 is 15.4 Å². The maximum absolute atomic E-state index is 12.9. The van der Waals surface area contributed by atoms with Crippen LogP contribution in [0, 0.1) is 5.92 Å². The third-order valence-corrected chi connectivity index (χ3v) is 5.34. The summed E-state index contributed by atoms with van der Waals surface area (Å²) in [4.78, 5) is 25.6. The van der Waals surface area contributed by atoms with Crippen molar-refractivity contribution in [3.8, 4) is 5.75 Å². The van der Waals surface area contributed by atoms with Gasteiger partial charge in [0.05, 0.1) is 7.11 Å². The Morgan fingerprint density at radius 2 is 1.86 bits per heavy atom. The molecule has 1 heterocycles. The summed E-state index contributed by atoms with van der Waals surface area (Å²) >= 11 is 0. The molecule has 0 spiro atoms. The number of furan rings is 1. The van der Waals surface area contributed by atoms with Crippen LogP contribution in [0.3, 0.4) is 0 Å². The minimum Gasteiger partial charge on any atom is -0.497 e. The number of fused-ring (bicyclic) bond motifs is 1. The summed E-state index contributed by atoms with van der Waals surface area (Å²) in [6.07, 6.45) is 5.00. The van der Waals surface area contributed by atoms with Gasteiger partial charge in [-0.05, 0) is 43.0 Å². The first-order valence-electron chi connectivity index (χ1n) is 9.91. The van der Waals surface area contributed by atoms with Crippen LogP contribution in [0.5, 0.6) is 5.75 Å². The molecule has 6 heteroatoms. The average Bonchev–Trinajstić information content (AvgIpc) is 3.36. The Labute approximate surface area is 169 Å². The number of rotatable bonds is 6. The van der Waals surface area contributed by atoms with Gasteiger partial charge < -0.3 is 19.8 Å². The SMILES string of the molecule is COc1cccc(NC(=O)c2oc3ccccc3c2NC(=O)CC2CCCC2)c1. The van der Waals surface area contributed by atoms with Crippen molar-refractivity contribution in [2.45, 2.75) is 32.1 Å². The van der Waals surface area contributed by atoms with E-state index in [9.17, 15) is 9.59 Å². The molecule has 1 fully saturated rings. The van der Waals surface area contributed by atoms with Gasteiger partial charge in [0.15, 0.2) is 0 Å². The van der Waals surface area contributed by atoms with Crippen molar-refractivity contribution in [3.05, 3.63) is 54.3 Å². The van der Waals surface area contributed by atoms with Gasteiger partial charge in [-0.2, -0.15) is 0 Å². The van der Waals surface area contributed by atoms with Crippen LogP contribution in [0.4, 0.5) is 11.4 Å². The average molecular weight is 392 g/mol. The second-order valence-electron chi connectivity index (χ2n) is 7.39. The minimum absolute atomic E-state index is 0.0844. The van der Waals surface area contributed by atoms with Gasteiger partial charge in [-0.1, -0.05) is 31.0 Å². The topological polar surface area (TPSA) is 80.6 Å². The van der Waals surface area contributed by atoms with E-state index in [1.165, 1.54) is 12.8 Å². The van der Waals surface area contributed by atoms with Gasteiger partial charge >= 0.3 is 0 Å². The molecule has 0 atom stereocenters. The first-order valence-corrected chi connectivity index (χ1v) is 9.91. The maximum atomic E-state index is 12.9. The van der Waals surface area contributed by atoms with E-state index in [0.717, 1.165) is 12.8 Å². The molecule has 1 aromatic heterocycles. The zero-order valence-corrected chi connectivity index (χ0v) is 16.4. The second-order valence-corrected chi connectivity index (χ2v) is 7.39. The standard InChI is InChI=1S/C23H24N2O4/c1-28-17-10-6-9-16(14-17)24-23(27)22-21(18-11-4-5-12-19(18)29-22)25-20(26)13-15-7-2-3-8-15/h4-6,9-12,14-15H,2-3,7-8,13H2,1H3,(H,24,27)(H,25,26). The molecule has 3 aromatic rings. The smallest absolute Gasteiger partial charge is 0.293 e. The molecule has 29 heavy (non-hydrogen) atoms. The molecule has 6 nitrogen and oxygen atoms in total. The molecule has 0 radical (unpaired) electrons. The Morgan fingerprint density at radius 1 is 1.07 bits per heavy atom. The number of anilines is 2. The second kappa shape index (κ2) is 8.39. The first kappa shape index (κ1) is 19.1. The fourth-order valence-electron chi connectivity index (χ4n) is 3.89. The molecule has 4 rings (SSSR count). The summed E-state index contributed by atoms with van der Waals surface area (Å²) in [6, 6.07) is 14.4. The molecule has 1 aliphatic rings. The van der Waals surface area contributed by atoms with Gasteiger partial charge in [-0.25, -0.2) is 0 Å². The number of para-hydroxylation sites is 1. The Kier molecular flexibility index (Phi) is 5.51. The zero-order valence-electron chi connectivity index (χ0n) is 16.4. The number of hydrogen-bond donors (Lipinski definition) is 2. The van der Waals surface area contributed by atoms with Crippen molar-refractivity contribution in [3.63, 3.8) is 0 Å². The number of hydrogen-bond acceptors (Lipinski definition) is 4. The minimum atomic E-state index is -0.425. The molecule has 150 valence electrons. The predicted octanol–water partition coefficient (Wildman–Crippen LogP) is 5.21. The van der Waals surface area contributed by atoms with Crippen LogP contribution in [-0.2, 0) is 4.79 Å². The quantitative estimate of drug-likeness (QED) is 0.603. The van der Waals surface area contributed by atoms with Gasteiger partial charge in [0, 0.05) is 23.6 Å². The summed E-state index contributed by atoms with van der Waals surface area (Å²) in [6.45, 7) is 0. The van der Waals surface area contributed by atoms with Gasteiger partial charge in [0.2, 0.25) is 11.7 Å². The third kappa shape index (κ3) is 4.26. The van der Waals surface area contributed by atoms with Crippen molar-refractivity contribution in [1.29, 1.82) is 0 Å². The van der Waals surface area contributed by atoms with E-state index in [4.69, 9.17) is 9.15 Å². The van der Waals surface area contributed by atoms with E-state index >= 15 is 0 Å². The highest BCUT2D eigenvalue weighted by atomic mass is 16.5. The fourth-order valence-corrected chi connectivity index (χ4v) is 3.89. The van der Waals surface area contributed by atoms with Crippen molar-refractivity contribution in [2.75, 3.05) is 17.7 Å². The van der Waals surface area contributed by atoms with Crippen LogP contribution in [-0.4, -0.2) is 18.9 Å². The van der Waals surface area contributed by atoms with Crippen LogP contribution in [0.15, 0.2) is 52.9 Å². The van der Waals surface area contributed by atoms with E-state index in [0.29, 0.717) is 40.4 Å². The summed E-state index contributed by atoms with van der Waals surface area (Å²) < 4.78 is 11.0. The summed E-state index contributed by atoms with van der Waals surface area (Å²) in [5.41, 5.74) is 1.56. The number of carbonyl (C=O) groups excluding carboxylic acids is 2. The highest BCUT2D eigenvalue weighted by Gasteiger charge is 2.24. The van der Waals surface area contributed by atoms with E-state index in [1.807, 2.05) is 18.2 Å². The Hall–Kier alpha value is -3.28. The number of benzene rings is 2. The lowest BCUT2D eigenvalue weighted by molar-refractivity contribution is -0.117. The van der Waals surface area contributed by atoms with E-state index in [-0.39, 0.29) is 11.7 Å². The molecule has 2 N–H and O–H groups in total. The van der Waals surface area contributed by atoms with E-state index in [2.05, 4.69) is 10.6 Å². The summed E-state index contributed by atoms with van der Waals surface area (Å²) in [7, 11) is 1.57. The molecular weight excluding hydrogens is 368 g/mol. The van der Waals surface area contributed by atoms with Crippen molar-refractivity contribution in [1.82, 2.24) is 0 Å². The van der Waals surface area contributed by atoms with E-state index < -0.39 is 5.91 Å². The number of ether oxygens (including phenoxy) is 1. The zero-order chi connectivity index (χ0) is 20.2. The molecule has 2 aromatic carbocycles. The molecule has 1 aliphatic carbocycles. The first-order chi connectivity index (χ1) is 14.1. The van der Waals surface area contributed by atoms with Gasteiger partial charge in [0.25, 0.3) is 5.91 Å². The Bertz CT molecular complexity index is 1030. The van der Waals surface area contributed by atoms with Crippen molar-refractivity contribution in [2.24, 2.45) is 5.92 Å². The summed E-state index contributed by atoms with van der Waals surface area (Å²) in [5, 5.41) is 6.46. The number of methoxy groups -OCH3 is 1. The van der Waals surface area contributed by atoms with E-state index in [1.54, 1.807) is 37.4 Å². The predicted molar refractivity (Wildman–Crippen MR) is 112 cm³/mol. The number of nitrogens with one attached hydrogen (secondary N) is 2. The van der Waals surface area contributed by atoms with Gasteiger partial charge in [-0.15, -0.1) is 0 Å². The van der Waals surface area contributed by atoms with Crippen molar-refractivity contribution >= 4 is 34.2 Å². The Balaban J connectivity index is 1.59. The monoisotopic (exact) mass is 392 g/mol. The molecule has 0 unspecified atom stereocenters. The largest absolute Gasteiger partial charge is 0.497 e. The van der Waals surface area contributed by atoms with Crippen LogP contribution >= 0.6 is 0 Å². The lowest BCUT2D eigenvalue weighted by Crippen LogP contribution is -2.18. The maximum Gasteiger partial charge on any atom is 0.293 e. The molecule has 0 aliphatic heterocycles. The van der Waals surface area contributed by atoms with Gasteiger partial charge in [-0.3, -0.25) is 9.59 Å². The normalized spacial score (nSPS) is 14.1. The fraction of sp³-hybridized carbons (Fsp3) is 0.304. The number of carbonyl (C=O) groups is 2. The van der Waals surface area contributed by atoms with Crippen LogP contribution in [0.25, 0.3) is 11.0 Å². The van der Waals surface area contributed by atoms with Crippen LogP contribution in [0.2, 0.25) is 0 Å². The van der Waals surface area contributed by atoms with Gasteiger partial charge in [0.1, 0.15) is 17.0 Å². The third-order valence-electron chi connectivity index (χ3n) is 5.34. The lowest BCUT2D eigenvalue weighted by Gasteiger charge is -2.10. The highest BCUT2D eigenvalue weighted by Crippen LogP contribution is 2.33. The Morgan fingerprint density at radius 3 is 2.66 bits per heavy atom. The number of amides is 2. The van der Waals surface area contributed by atoms with Crippen molar-refractivity contribution < 1.29 is 18.7 Å². The molecule has 1 saturated carbocycles.